The van der Waals surface area contributed by atoms with Gasteiger partial charge in [-0.05, 0) is 18.0 Å². The predicted octanol–water partition coefficient (Wildman–Crippen LogP) is 0.885. The average molecular weight is 259 g/mol. The second-order valence-electron chi connectivity index (χ2n) is 4.22. The first-order valence-electron chi connectivity index (χ1n) is 5.49. The lowest BCUT2D eigenvalue weighted by Crippen LogP contribution is -2.62. The normalized spacial score (nSPS) is 17.8. The highest BCUT2D eigenvalue weighted by Crippen LogP contribution is 2.29. The molecule has 0 spiro atoms. The summed E-state index contributed by atoms with van der Waals surface area (Å²) in [6.45, 7) is 3.08. The molecule has 0 bridgehead atoms. The largest absolute Gasteiger partial charge is 0.467 e. The van der Waals surface area contributed by atoms with Gasteiger partial charge in [-0.2, -0.15) is 15.0 Å². The van der Waals surface area contributed by atoms with E-state index in [-0.39, 0.29) is 11.3 Å². The lowest BCUT2D eigenvalue weighted by Gasteiger charge is -2.46. The van der Waals surface area contributed by atoms with E-state index in [0.29, 0.717) is 19.0 Å². The molecule has 1 aliphatic rings. The Balaban J connectivity index is 2.08. The van der Waals surface area contributed by atoms with Crippen molar-refractivity contribution >= 4 is 17.5 Å². The van der Waals surface area contributed by atoms with Crippen molar-refractivity contribution in [3.8, 4) is 6.01 Å². The van der Waals surface area contributed by atoms with Gasteiger partial charge in [0.25, 0.3) is 0 Å². The van der Waals surface area contributed by atoms with Crippen molar-refractivity contribution in [1.29, 1.82) is 0 Å². The Morgan fingerprint density at radius 2 is 2.12 bits per heavy atom. The van der Waals surface area contributed by atoms with Crippen molar-refractivity contribution in [1.82, 2.24) is 15.0 Å². The molecule has 0 aromatic carbocycles. The van der Waals surface area contributed by atoms with Gasteiger partial charge in [0.15, 0.2) is 0 Å². The number of nitrogens with zero attached hydrogens (tertiary/aromatic N) is 4. The van der Waals surface area contributed by atoms with E-state index in [1.165, 1.54) is 7.11 Å². The molecule has 1 aliphatic heterocycles. The molecule has 0 unspecified atom stereocenters. The van der Waals surface area contributed by atoms with Crippen LogP contribution in [0.5, 0.6) is 6.01 Å². The number of aliphatic hydroxyl groups is 1. The highest BCUT2D eigenvalue weighted by molar-refractivity contribution is 6.28. The molecule has 94 valence electrons. The van der Waals surface area contributed by atoms with E-state index in [9.17, 15) is 5.11 Å². The Labute approximate surface area is 105 Å². The fraction of sp³-hybridized carbons (Fsp3) is 0.700. The molecule has 2 heterocycles. The van der Waals surface area contributed by atoms with E-state index in [1.54, 1.807) is 0 Å². The topological polar surface area (TPSA) is 71.4 Å². The van der Waals surface area contributed by atoms with Crippen molar-refractivity contribution in [2.75, 3.05) is 25.1 Å². The molecule has 0 aliphatic carbocycles. The minimum atomic E-state index is -0.624. The molecular formula is C10H15ClN4O2. The molecule has 0 saturated carbocycles. The average Bonchev–Trinajstić information content (AvgIpc) is 2.25. The number of rotatable bonds is 4. The Morgan fingerprint density at radius 3 is 2.71 bits per heavy atom. The number of anilines is 1. The van der Waals surface area contributed by atoms with Gasteiger partial charge in [-0.15, -0.1) is 0 Å². The second-order valence-corrected chi connectivity index (χ2v) is 4.56. The molecule has 1 aromatic heterocycles. The van der Waals surface area contributed by atoms with Crippen molar-refractivity contribution in [3.05, 3.63) is 5.28 Å². The van der Waals surface area contributed by atoms with E-state index in [0.717, 1.165) is 12.8 Å². The maximum absolute atomic E-state index is 10.1. The van der Waals surface area contributed by atoms with Crippen LogP contribution < -0.4 is 9.64 Å². The lowest BCUT2D eigenvalue weighted by atomic mass is 9.90. The number of aromatic nitrogens is 3. The summed E-state index contributed by atoms with van der Waals surface area (Å²) in [5, 5.41) is 10.2. The molecule has 1 saturated heterocycles. The van der Waals surface area contributed by atoms with Crippen molar-refractivity contribution < 1.29 is 9.84 Å². The Kier molecular flexibility index (Phi) is 3.35. The summed E-state index contributed by atoms with van der Waals surface area (Å²) in [7, 11) is 1.47. The maximum atomic E-state index is 10.1. The molecule has 1 fully saturated rings. The first-order chi connectivity index (χ1) is 8.06. The molecule has 6 nitrogen and oxygen atoms in total. The van der Waals surface area contributed by atoms with Gasteiger partial charge in [0.1, 0.15) is 0 Å². The smallest absolute Gasteiger partial charge is 0.322 e. The zero-order valence-corrected chi connectivity index (χ0v) is 10.6. The van der Waals surface area contributed by atoms with E-state index in [2.05, 4.69) is 15.0 Å². The zero-order valence-electron chi connectivity index (χ0n) is 9.85. The van der Waals surface area contributed by atoms with Crippen LogP contribution in [0.15, 0.2) is 0 Å². The van der Waals surface area contributed by atoms with Crippen LogP contribution in [0.1, 0.15) is 19.8 Å². The van der Waals surface area contributed by atoms with Crippen LogP contribution in [0.3, 0.4) is 0 Å². The minimum Gasteiger partial charge on any atom is -0.467 e. The highest BCUT2D eigenvalue weighted by Gasteiger charge is 2.41. The van der Waals surface area contributed by atoms with Crippen molar-refractivity contribution in [2.24, 2.45) is 0 Å². The van der Waals surface area contributed by atoms with Crippen molar-refractivity contribution in [2.45, 2.75) is 25.4 Å². The SMILES string of the molecule is CCCC1(O)CN(c2nc(Cl)nc(OC)n2)C1. The summed E-state index contributed by atoms with van der Waals surface area (Å²) in [6.07, 6.45) is 1.73. The van der Waals surface area contributed by atoms with Gasteiger partial charge in [0.2, 0.25) is 11.2 Å². The third-order valence-corrected chi connectivity index (χ3v) is 2.90. The maximum Gasteiger partial charge on any atom is 0.322 e. The van der Waals surface area contributed by atoms with E-state index in [1.807, 2.05) is 11.8 Å². The van der Waals surface area contributed by atoms with Crippen LogP contribution in [-0.2, 0) is 0 Å². The lowest BCUT2D eigenvalue weighted by molar-refractivity contribution is 0.00236. The van der Waals surface area contributed by atoms with Crippen LogP contribution in [0.4, 0.5) is 5.95 Å². The predicted molar refractivity (Wildman–Crippen MR) is 63.5 cm³/mol. The van der Waals surface area contributed by atoms with Gasteiger partial charge >= 0.3 is 6.01 Å². The summed E-state index contributed by atoms with van der Waals surface area (Å²) in [5.74, 6) is 0.447. The quantitative estimate of drug-likeness (QED) is 0.865. The molecule has 1 N–H and O–H groups in total. The summed E-state index contributed by atoms with van der Waals surface area (Å²) in [4.78, 5) is 13.7. The zero-order chi connectivity index (χ0) is 12.5. The molecular weight excluding hydrogens is 244 g/mol. The Morgan fingerprint density at radius 1 is 1.41 bits per heavy atom. The number of hydrogen-bond acceptors (Lipinski definition) is 6. The highest BCUT2D eigenvalue weighted by atomic mass is 35.5. The molecule has 0 radical (unpaired) electrons. The van der Waals surface area contributed by atoms with Crippen LogP contribution in [0, 0.1) is 0 Å². The second kappa shape index (κ2) is 4.62. The third kappa shape index (κ3) is 2.58. The molecule has 1 aromatic rings. The minimum absolute atomic E-state index is 0.0952. The number of methoxy groups -OCH3 is 1. The van der Waals surface area contributed by atoms with Crippen LogP contribution in [0.2, 0.25) is 5.28 Å². The summed E-state index contributed by atoms with van der Waals surface area (Å²) in [5.41, 5.74) is -0.624. The van der Waals surface area contributed by atoms with Gasteiger partial charge in [-0.3, -0.25) is 0 Å². The van der Waals surface area contributed by atoms with Crippen LogP contribution in [-0.4, -0.2) is 45.9 Å². The number of β-amino-alcohol motifs (C(OH)–C–C–N with tert-alkyl or cyclic N) is 1. The molecule has 0 atom stereocenters. The van der Waals surface area contributed by atoms with E-state index in [4.69, 9.17) is 16.3 Å². The molecule has 17 heavy (non-hydrogen) atoms. The molecule has 0 amide bonds. The Bertz CT molecular complexity index is 409. The third-order valence-electron chi connectivity index (χ3n) is 2.73. The molecule has 2 rings (SSSR count). The first kappa shape index (κ1) is 12.3. The number of ether oxygens (including phenoxy) is 1. The van der Waals surface area contributed by atoms with Crippen LogP contribution in [0.25, 0.3) is 0 Å². The van der Waals surface area contributed by atoms with Gasteiger partial charge in [-0.25, -0.2) is 0 Å². The molecule has 7 heteroatoms. The van der Waals surface area contributed by atoms with E-state index < -0.39 is 5.60 Å². The Hall–Kier alpha value is -1.14. The van der Waals surface area contributed by atoms with Crippen LogP contribution >= 0.6 is 11.6 Å². The summed E-state index contributed by atoms with van der Waals surface area (Å²) >= 11 is 5.75. The first-order valence-corrected chi connectivity index (χ1v) is 5.87. The van der Waals surface area contributed by atoms with Gasteiger partial charge in [0.05, 0.1) is 25.8 Å². The van der Waals surface area contributed by atoms with Gasteiger partial charge in [0, 0.05) is 0 Å². The monoisotopic (exact) mass is 258 g/mol. The van der Waals surface area contributed by atoms with Crippen molar-refractivity contribution in [3.63, 3.8) is 0 Å². The fourth-order valence-corrected chi connectivity index (χ4v) is 2.13. The standard InChI is InChI=1S/C10H15ClN4O2/c1-3-4-10(16)5-15(6-10)8-12-7(11)13-9(14-8)17-2/h16H,3-6H2,1-2H3. The van der Waals surface area contributed by atoms with Gasteiger partial charge in [-0.1, -0.05) is 13.3 Å². The fourth-order valence-electron chi connectivity index (χ4n) is 1.98. The van der Waals surface area contributed by atoms with Gasteiger partial charge < -0.3 is 14.7 Å². The van der Waals surface area contributed by atoms with E-state index >= 15 is 0 Å². The number of halogens is 1. The number of hydrogen-bond donors (Lipinski definition) is 1. The summed E-state index contributed by atoms with van der Waals surface area (Å²) in [6, 6.07) is 0.186. The summed E-state index contributed by atoms with van der Waals surface area (Å²) < 4.78 is 4.92.